The van der Waals surface area contributed by atoms with Gasteiger partial charge in [-0.25, -0.2) is 8.42 Å². The van der Waals surface area contributed by atoms with E-state index in [0.29, 0.717) is 0 Å². The van der Waals surface area contributed by atoms with Gasteiger partial charge in [0.15, 0.2) is 0 Å². The third kappa shape index (κ3) is 2.59. The van der Waals surface area contributed by atoms with Gasteiger partial charge in [-0.2, -0.15) is 0 Å². The first-order chi connectivity index (χ1) is 6.17. The van der Waals surface area contributed by atoms with E-state index in [0.717, 1.165) is 11.7 Å². The first kappa shape index (κ1) is 9.80. The van der Waals surface area contributed by atoms with Gasteiger partial charge in [0.1, 0.15) is 0 Å². The van der Waals surface area contributed by atoms with Crippen molar-refractivity contribution in [2.24, 2.45) is 0 Å². The fourth-order valence-corrected chi connectivity index (χ4v) is 1.77. The van der Waals surface area contributed by atoms with Gasteiger partial charge in [-0.05, 0) is 12.1 Å². The lowest BCUT2D eigenvalue weighted by Gasteiger charge is -1.96. The molecule has 1 aromatic rings. The minimum Gasteiger partial charge on any atom is -0.504 e. The molecule has 0 saturated heterocycles. The van der Waals surface area contributed by atoms with E-state index < -0.39 is 9.84 Å². The summed E-state index contributed by atoms with van der Waals surface area (Å²) in [7, 11) is -1.93. The van der Waals surface area contributed by atoms with E-state index in [9.17, 15) is 8.42 Å². The van der Waals surface area contributed by atoms with Crippen LogP contribution in [0.3, 0.4) is 0 Å². The third-order valence-corrected chi connectivity index (χ3v) is 2.84. The summed E-state index contributed by atoms with van der Waals surface area (Å²) in [6, 6.07) is 8.19. The van der Waals surface area contributed by atoms with Crippen LogP contribution in [-0.4, -0.2) is 15.5 Å². The summed E-state index contributed by atoms with van der Waals surface area (Å²) in [6.45, 7) is 0. The van der Waals surface area contributed by atoms with Gasteiger partial charge >= 0.3 is 0 Å². The summed E-state index contributed by atoms with van der Waals surface area (Å²) in [5.41, 5.74) is 0. The van der Waals surface area contributed by atoms with Crippen LogP contribution < -0.4 is 0 Å². The quantitative estimate of drug-likeness (QED) is 0.692. The summed E-state index contributed by atoms with van der Waals surface area (Å²) in [6.07, 6.45) is 1.14. The van der Waals surface area contributed by atoms with E-state index in [1.165, 1.54) is 19.2 Å². The largest absolute Gasteiger partial charge is 0.504 e. The Morgan fingerprint density at radius 1 is 1.23 bits per heavy atom. The molecular weight excluding hydrogens is 188 g/mol. The van der Waals surface area contributed by atoms with Crippen LogP contribution in [0.5, 0.6) is 0 Å². The Morgan fingerprint density at radius 3 is 2.38 bits per heavy atom. The summed E-state index contributed by atoms with van der Waals surface area (Å²) in [4.78, 5) is 0.267. The molecule has 0 aliphatic carbocycles. The highest BCUT2D eigenvalue weighted by atomic mass is 32.2. The van der Waals surface area contributed by atoms with Crippen molar-refractivity contribution in [2.45, 2.75) is 4.90 Å². The fourth-order valence-electron chi connectivity index (χ4n) is 0.817. The maximum Gasteiger partial charge on any atom is 0.202 e. The summed E-state index contributed by atoms with van der Waals surface area (Å²) < 4.78 is 27.4. The molecular formula is C9H10O3S. The standard InChI is InChI=1S/C9H10O3S/c1-12-7-8-13(10,11)9-5-3-2-4-6-9/h2-8H,1H3. The minimum absolute atomic E-state index is 0.267. The van der Waals surface area contributed by atoms with Gasteiger partial charge in [-0.3, -0.25) is 0 Å². The fraction of sp³-hybridized carbons (Fsp3) is 0.111. The highest BCUT2D eigenvalue weighted by Gasteiger charge is 2.08. The van der Waals surface area contributed by atoms with Crippen molar-refractivity contribution in [1.82, 2.24) is 0 Å². The molecule has 0 aromatic heterocycles. The number of rotatable bonds is 3. The van der Waals surface area contributed by atoms with Crippen molar-refractivity contribution in [3.8, 4) is 0 Å². The second-order valence-electron chi connectivity index (χ2n) is 2.37. The van der Waals surface area contributed by atoms with E-state index >= 15 is 0 Å². The number of methoxy groups -OCH3 is 1. The minimum atomic E-state index is -3.33. The van der Waals surface area contributed by atoms with Crippen LogP contribution in [0.25, 0.3) is 0 Å². The van der Waals surface area contributed by atoms with Crippen molar-refractivity contribution >= 4 is 9.84 Å². The molecule has 70 valence electrons. The summed E-state index contributed by atoms with van der Waals surface area (Å²) in [5.74, 6) is 0. The highest BCUT2D eigenvalue weighted by Crippen LogP contribution is 2.10. The molecule has 0 spiro atoms. The van der Waals surface area contributed by atoms with Crippen LogP contribution >= 0.6 is 0 Å². The first-order valence-corrected chi connectivity index (χ1v) is 5.21. The van der Waals surface area contributed by atoms with E-state index in [-0.39, 0.29) is 4.90 Å². The van der Waals surface area contributed by atoms with Crippen molar-refractivity contribution in [2.75, 3.05) is 7.11 Å². The second kappa shape index (κ2) is 4.09. The molecule has 0 saturated carbocycles. The van der Waals surface area contributed by atoms with Gasteiger partial charge < -0.3 is 4.74 Å². The lowest BCUT2D eigenvalue weighted by molar-refractivity contribution is 0.338. The zero-order valence-corrected chi connectivity index (χ0v) is 7.99. The Labute approximate surface area is 77.6 Å². The molecule has 0 aliphatic heterocycles. The van der Waals surface area contributed by atoms with E-state index in [1.54, 1.807) is 18.2 Å². The Morgan fingerprint density at radius 2 is 1.85 bits per heavy atom. The third-order valence-electron chi connectivity index (χ3n) is 1.44. The molecule has 1 rings (SSSR count). The van der Waals surface area contributed by atoms with E-state index in [4.69, 9.17) is 0 Å². The normalized spacial score (nSPS) is 11.8. The second-order valence-corrected chi connectivity index (χ2v) is 4.20. The van der Waals surface area contributed by atoms with Gasteiger partial charge in [0.2, 0.25) is 9.84 Å². The maximum absolute atomic E-state index is 11.4. The average Bonchev–Trinajstić information content (AvgIpc) is 2.16. The molecule has 0 fully saturated rings. The molecule has 0 radical (unpaired) electrons. The zero-order valence-electron chi connectivity index (χ0n) is 7.17. The molecule has 0 N–H and O–H groups in total. The summed E-state index contributed by atoms with van der Waals surface area (Å²) >= 11 is 0. The number of sulfone groups is 1. The van der Waals surface area contributed by atoms with Gasteiger partial charge in [-0.1, -0.05) is 18.2 Å². The molecule has 1 aromatic carbocycles. The average molecular weight is 198 g/mol. The van der Waals surface area contributed by atoms with E-state index in [1.807, 2.05) is 0 Å². The van der Waals surface area contributed by atoms with Crippen molar-refractivity contribution in [3.63, 3.8) is 0 Å². The van der Waals surface area contributed by atoms with Crippen LogP contribution in [0.2, 0.25) is 0 Å². The van der Waals surface area contributed by atoms with Gasteiger partial charge in [0.05, 0.1) is 23.7 Å². The Kier molecular flexibility index (Phi) is 3.08. The SMILES string of the molecule is COC=CS(=O)(=O)c1ccccc1. The highest BCUT2D eigenvalue weighted by molar-refractivity contribution is 7.94. The lowest BCUT2D eigenvalue weighted by atomic mass is 10.4. The Balaban J connectivity index is 3.02. The molecule has 13 heavy (non-hydrogen) atoms. The Bertz CT molecular complexity index is 379. The predicted molar refractivity (Wildman–Crippen MR) is 49.8 cm³/mol. The van der Waals surface area contributed by atoms with Crippen LogP contribution in [-0.2, 0) is 14.6 Å². The zero-order chi connectivity index (χ0) is 9.73. The summed E-state index contributed by atoms with van der Waals surface area (Å²) in [5, 5.41) is 1.03. The molecule has 4 heteroatoms. The Hall–Kier alpha value is -1.29. The topological polar surface area (TPSA) is 43.4 Å². The van der Waals surface area contributed by atoms with Crippen LogP contribution in [0, 0.1) is 0 Å². The van der Waals surface area contributed by atoms with Crippen molar-refractivity contribution < 1.29 is 13.2 Å². The molecule has 0 atom stereocenters. The first-order valence-electron chi connectivity index (χ1n) is 3.66. The van der Waals surface area contributed by atoms with Gasteiger partial charge in [-0.15, -0.1) is 0 Å². The monoisotopic (exact) mass is 198 g/mol. The van der Waals surface area contributed by atoms with Crippen LogP contribution in [0.1, 0.15) is 0 Å². The van der Waals surface area contributed by atoms with Crippen LogP contribution in [0.4, 0.5) is 0 Å². The molecule has 0 bridgehead atoms. The van der Waals surface area contributed by atoms with Crippen molar-refractivity contribution in [1.29, 1.82) is 0 Å². The number of hydrogen-bond acceptors (Lipinski definition) is 3. The molecule has 0 heterocycles. The van der Waals surface area contributed by atoms with Gasteiger partial charge in [0, 0.05) is 0 Å². The number of ether oxygens (including phenoxy) is 1. The maximum atomic E-state index is 11.4. The number of benzene rings is 1. The predicted octanol–water partition coefficient (Wildman–Crippen LogP) is 1.58. The van der Waals surface area contributed by atoms with Crippen molar-refractivity contribution in [3.05, 3.63) is 42.0 Å². The smallest absolute Gasteiger partial charge is 0.202 e. The molecule has 0 aliphatic rings. The molecule has 0 amide bonds. The van der Waals surface area contributed by atoms with Crippen LogP contribution in [0.15, 0.2) is 46.9 Å². The lowest BCUT2D eigenvalue weighted by Crippen LogP contribution is -1.95. The molecule has 3 nitrogen and oxygen atoms in total. The number of hydrogen-bond donors (Lipinski definition) is 0. The molecule has 0 unspecified atom stereocenters. The van der Waals surface area contributed by atoms with Gasteiger partial charge in [0.25, 0.3) is 0 Å². The van der Waals surface area contributed by atoms with E-state index in [2.05, 4.69) is 4.74 Å².